The summed E-state index contributed by atoms with van der Waals surface area (Å²) in [7, 11) is 0. The van der Waals surface area contributed by atoms with Crippen LogP contribution in [0.1, 0.15) is 12.0 Å². The summed E-state index contributed by atoms with van der Waals surface area (Å²) in [5, 5.41) is 9.76. The number of carboxylic acids is 1. The highest BCUT2D eigenvalue weighted by molar-refractivity contribution is 6.42. The first-order valence-electron chi connectivity index (χ1n) is 5.42. The van der Waals surface area contributed by atoms with Crippen molar-refractivity contribution < 1.29 is 14.7 Å². The summed E-state index contributed by atoms with van der Waals surface area (Å²) < 4.78 is 0. The van der Waals surface area contributed by atoms with Gasteiger partial charge in [-0.05, 0) is 17.7 Å². The standard InChI is InChI=1S/C12H11Cl2NO3/c13-9-2-1-7(3-10(9)14)5-15-6-8(12(17)18)4-11(15)16/h1-3,8H,4-6H2,(H,17,18)/t8-/m0/s1. The third-order valence-electron chi connectivity index (χ3n) is 2.92. The van der Waals surface area contributed by atoms with Crippen LogP contribution in [0, 0.1) is 5.92 Å². The van der Waals surface area contributed by atoms with Crippen molar-refractivity contribution in [3.05, 3.63) is 33.8 Å². The van der Waals surface area contributed by atoms with Crippen LogP contribution in [0.3, 0.4) is 0 Å². The third kappa shape index (κ3) is 2.76. The minimum absolute atomic E-state index is 0.0661. The van der Waals surface area contributed by atoms with Gasteiger partial charge in [-0.1, -0.05) is 29.3 Å². The highest BCUT2D eigenvalue weighted by Crippen LogP contribution is 2.25. The number of aliphatic carboxylic acids is 1. The Hall–Kier alpha value is -1.26. The van der Waals surface area contributed by atoms with Crippen molar-refractivity contribution in [2.45, 2.75) is 13.0 Å². The van der Waals surface area contributed by atoms with Gasteiger partial charge < -0.3 is 10.0 Å². The topological polar surface area (TPSA) is 57.6 Å². The lowest BCUT2D eigenvalue weighted by Gasteiger charge is -2.16. The molecule has 1 atom stereocenters. The molecule has 1 aromatic rings. The number of carbonyl (C=O) groups excluding carboxylic acids is 1. The van der Waals surface area contributed by atoms with E-state index in [0.717, 1.165) is 5.56 Å². The van der Waals surface area contributed by atoms with Gasteiger partial charge in [0.1, 0.15) is 0 Å². The maximum absolute atomic E-state index is 11.6. The normalized spacial score (nSPS) is 19.3. The van der Waals surface area contributed by atoms with E-state index in [1.165, 1.54) is 4.90 Å². The Balaban J connectivity index is 2.08. The monoisotopic (exact) mass is 287 g/mol. The largest absolute Gasteiger partial charge is 0.481 e. The Morgan fingerprint density at radius 1 is 1.39 bits per heavy atom. The average molecular weight is 288 g/mol. The van der Waals surface area contributed by atoms with Gasteiger partial charge >= 0.3 is 5.97 Å². The number of likely N-dealkylation sites (tertiary alicyclic amines) is 1. The van der Waals surface area contributed by atoms with Crippen molar-refractivity contribution in [1.82, 2.24) is 4.90 Å². The van der Waals surface area contributed by atoms with E-state index in [1.807, 2.05) is 0 Å². The highest BCUT2D eigenvalue weighted by atomic mass is 35.5. The average Bonchev–Trinajstić information content (AvgIpc) is 2.66. The SMILES string of the molecule is O=C(O)[C@H]1CC(=O)N(Cc2ccc(Cl)c(Cl)c2)C1. The summed E-state index contributed by atoms with van der Waals surface area (Å²) in [4.78, 5) is 24.0. The predicted molar refractivity (Wildman–Crippen MR) is 67.6 cm³/mol. The number of halogens is 2. The molecule has 1 aliphatic rings. The van der Waals surface area contributed by atoms with E-state index >= 15 is 0 Å². The molecule has 1 amide bonds. The van der Waals surface area contributed by atoms with Crippen LogP contribution < -0.4 is 0 Å². The molecule has 1 aliphatic heterocycles. The Morgan fingerprint density at radius 2 is 2.11 bits per heavy atom. The predicted octanol–water partition coefficient (Wildman–Crippen LogP) is 2.43. The Morgan fingerprint density at radius 3 is 2.67 bits per heavy atom. The number of carbonyl (C=O) groups is 2. The van der Waals surface area contributed by atoms with Gasteiger partial charge in [-0.2, -0.15) is 0 Å². The first-order chi connectivity index (χ1) is 8.47. The summed E-state index contributed by atoms with van der Waals surface area (Å²) in [6, 6.07) is 5.12. The lowest BCUT2D eigenvalue weighted by Crippen LogP contribution is -2.25. The van der Waals surface area contributed by atoms with E-state index in [0.29, 0.717) is 16.6 Å². The lowest BCUT2D eigenvalue weighted by molar-refractivity contribution is -0.141. The lowest BCUT2D eigenvalue weighted by atomic mass is 10.1. The van der Waals surface area contributed by atoms with Crippen LogP contribution in [0.2, 0.25) is 10.0 Å². The van der Waals surface area contributed by atoms with E-state index in [1.54, 1.807) is 18.2 Å². The van der Waals surface area contributed by atoms with Crippen LogP contribution in [0.4, 0.5) is 0 Å². The molecule has 1 fully saturated rings. The fourth-order valence-corrected chi connectivity index (χ4v) is 2.27. The van der Waals surface area contributed by atoms with Gasteiger partial charge in [-0.25, -0.2) is 0 Å². The van der Waals surface area contributed by atoms with Crippen LogP contribution in [0.25, 0.3) is 0 Å². The zero-order chi connectivity index (χ0) is 13.3. The molecule has 0 aliphatic carbocycles. The number of nitrogens with zero attached hydrogens (tertiary/aromatic N) is 1. The smallest absolute Gasteiger partial charge is 0.308 e. The van der Waals surface area contributed by atoms with E-state index in [9.17, 15) is 9.59 Å². The van der Waals surface area contributed by atoms with Crippen LogP contribution in [0.15, 0.2) is 18.2 Å². The van der Waals surface area contributed by atoms with Crippen LogP contribution in [0.5, 0.6) is 0 Å². The Kier molecular flexibility index (Phi) is 3.78. The maximum Gasteiger partial charge on any atom is 0.308 e. The Bertz CT molecular complexity index is 504. The Labute approximate surface area is 114 Å². The van der Waals surface area contributed by atoms with Gasteiger partial charge in [0.2, 0.25) is 5.91 Å². The third-order valence-corrected chi connectivity index (χ3v) is 3.66. The van der Waals surface area contributed by atoms with Crippen molar-refractivity contribution in [2.24, 2.45) is 5.92 Å². The van der Waals surface area contributed by atoms with E-state index in [-0.39, 0.29) is 18.9 Å². The first-order valence-corrected chi connectivity index (χ1v) is 6.17. The van der Waals surface area contributed by atoms with Gasteiger partial charge in [0.15, 0.2) is 0 Å². The molecular formula is C12H11Cl2NO3. The molecule has 1 N–H and O–H groups in total. The molecule has 0 bridgehead atoms. The number of benzene rings is 1. The van der Waals surface area contributed by atoms with Gasteiger partial charge in [0, 0.05) is 19.5 Å². The van der Waals surface area contributed by atoms with Crippen molar-refractivity contribution in [2.75, 3.05) is 6.54 Å². The minimum Gasteiger partial charge on any atom is -0.481 e. The second-order valence-electron chi connectivity index (χ2n) is 4.26. The summed E-state index contributed by atoms with van der Waals surface area (Å²) in [5.74, 6) is -1.69. The van der Waals surface area contributed by atoms with Gasteiger partial charge in [-0.15, -0.1) is 0 Å². The number of amides is 1. The molecule has 1 saturated heterocycles. The van der Waals surface area contributed by atoms with Crippen molar-refractivity contribution in [3.8, 4) is 0 Å². The molecule has 1 heterocycles. The van der Waals surface area contributed by atoms with E-state index in [4.69, 9.17) is 28.3 Å². The van der Waals surface area contributed by atoms with Crippen LogP contribution in [-0.2, 0) is 16.1 Å². The molecule has 0 unspecified atom stereocenters. The molecule has 0 saturated carbocycles. The fourth-order valence-electron chi connectivity index (χ4n) is 1.95. The van der Waals surface area contributed by atoms with E-state index < -0.39 is 11.9 Å². The molecule has 18 heavy (non-hydrogen) atoms. The van der Waals surface area contributed by atoms with Crippen molar-refractivity contribution in [1.29, 1.82) is 0 Å². The molecular weight excluding hydrogens is 277 g/mol. The quantitative estimate of drug-likeness (QED) is 0.929. The highest BCUT2D eigenvalue weighted by Gasteiger charge is 2.34. The summed E-state index contributed by atoms with van der Waals surface area (Å²) in [5.41, 5.74) is 0.837. The molecule has 1 aromatic carbocycles. The first kappa shape index (κ1) is 13.2. The van der Waals surface area contributed by atoms with Crippen LogP contribution >= 0.6 is 23.2 Å². The molecule has 0 aromatic heterocycles. The maximum atomic E-state index is 11.6. The van der Waals surface area contributed by atoms with Crippen molar-refractivity contribution in [3.63, 3.8) is 0 Å². The zero-order valence-electron chi connectivity index (χ0n) is 9.40. The van der Waals surface area contributed by atoms with Gasteiger partial charge in [-0.3, -0.25) is 9.59 Å². The number of hydrogen-bond donors (Lipinski definition) is 1. The summed E-state index contributed by atoms with van der Waals surface area (Å²) in [6.07, 6.45) is 0.0661. The van der Waals surface area contributed by atoms with Crippen LogP contribution in [-0.4, -0.2) is 28.4 Å². The number of rotatable bonds is 3. The summed E-state index contributed by atoms with van der Waals surface area (Å²) in [6.45, 7) is 0.605. The molecule has 2 rings (SSSR count). The summed E-state index contributed by atoms with van der Waals surface area (Å²) >= 11 is 11.7. The minimum atomic E-state index is -0.931. The molecule has 6 heteroatoms. The second kappa shape index (κ2) is 5.16. The number of hydrogen-bond acceptors (Lipinski definition) is 2. The molecule has 4 nitrogen and oxygen atoms in total. The van der Waals surface area contributed by atoms with E-state index in [2.05, 4.69) is 0 Å². The molecule has 0 radical (unpaired) electrons. The fraction of sp³-hybridized carbons (Fsp3) is 0.333. The van der Waals surface area contributed by atoms with Gasteiger partial charge in [0.25, 0.3) is 0 Å². The second-order valence-corrected chi connectivity index (χ2v) is 5.08. The zero-order valence-corrected chi connectivity index (χ0v) is 10.9. The number of carboxylic acid groups (broad SMARTS) is 1. The molecule has 96 valence electrons. The van der Waals surface area contributed by atoms with Crippen molar-refractivity contribution >= 4 is 35.1 Å². The van der Waals surface area contributed by atoms with Gasteiger partial charge in [0.05, 0.1) is 16.0 Å². The molecule has 0 spiro atoms.